The normalized spacial score (nSPS) is 18.0. The van der Waals surface area contributed by atoms with Crippen LogP contribution in [0.1, 0.15) is 18.4 Å². The number of anilines is 2. The van der Waals surface area contributed by atoms with Gasteiger partial charge >= 0.3 is 6.03 Å². The van der Waals surface area contributed by atoms with Gasteiger partial charge in [0.25, 0.3) is 0 Å². The van der Waals surface area contributed by atoms with Crippen molar-refractivity contribution in [3.05, 3.63) is 70.5 Å². The summed E-state index contributed by atoms with van der Waals surface area (Å²) in [4.78, 5) is 17.1. The van der Waals surface area contributed by atoms with Crippen LogP contribution in [0.25, 0.3) is 0 Å². The molecule has 2 amide bonds. The largest absolute Gasteiger partial charge is 0.326 e. The number of amides is 2. The number of urea groups is 1. The SMILES string of the molecule is C=CCN1CCC2(CC1)CN(C(=O)Nc1cccc(Cl)c1Cl)c1ccc(F)cc12. The van der Waals surface area contributed by atoms with Gasteiger partial charge in [-0.25, -0.2) is 9.18 Å². The van der Waals surface area contributed by atoms with Gasteiger partial charge in [-0.15, -0.1) is 6.58 Å². The van der Waals surface area contributed by atoms with E-state index in [0.717, 1.165) is 43.7 Å². The van der Waals surface area contributed by atoms with Crippen molar-refractivity contribution in [3.8, 4) is 0 Å². The maximum atomic E-state index is 14.1. The molecular weight excluding hydrogens is 412 g/mol. The molecule has 2 aromatic carbocycles. The van der Waals surface area contributed by atoms with E-state index in [-0.39, 0.29) is 17.3 Å². The zero-order chi connectivity index (χ0) is 20.6. The highest BCUT2D eigenvalue weighted by molar-refractivity contribution is 6.44. The number of nitrogens with zero attached hydrogens (tertiary/aromatic N) is 2. The minimum atomic E-state index is -0.299. The Morgan fingerprint density at radius 1 is 1.24 bits per heavy atom. The predicted octanol–water partition coefficient (Wildman–Crippen LogP) is 5.70. The number of rotatable bonds is 3. The summed E-state index contributed by atoms with van der Waals surface area (Å²) >= 11 is 12.3. The van der Waals surface area contributed by atoms with Gasteiger partial charge in [0.05, 0.1) is 15.7 Å². The van der Waals surface area contributed by atoms with Gasteiger partial charge in [-0.3, -0.25) is 9.80 Å². The van der Waals surface area contributed by atoms with Crippen molar-refractivity contribution in [2.24, 2.45) is 0 Å². The van der Waals surface area contributed by atoms with Crippen molar-refractivity contribution in [1.29, 1.82) is 0 Å². The van der Waals surface area contributed by atoms with Gasteiger partial charge in [-0.2, -0.15) is 0 Å². The van der Waals surface area contributed by atoms with Crippen LogP contribution in [0.2, 0.25) is 10.0 Å². The second-order valence-electron chi connectivity index (χ2n) is 7.65. The second kappa shape index (κ2) is 7.98. The fraction of sp³-hybridized carbons (Fsp3) is 0.318. The quantitative estimate of drug-likeness (QED) is 0.629. The molecular formula is C22H22Cl2FN3O. The van der Waals surface area contributed by atoms with Gasteiger partial charge in [-0.1, -0.05) is 35.3 Å². The van der Waals surface area contributed by atoms with Crippen molar-refractivity contribution in [2.45, 2.75) is 18.3 Å². The van der Waals surface area contributed by atoms with E-state index >= 15 is 0 Å². The van der Waals surface area contributed by atoms with E-state index in [1.54, 1.807) is 35.2 Å². The zero-order valence-corrected chi connectivity index (χ0v) is 17.4. The molecule has 0 saturated carbocycles. The van der Waals surface area contributed by atoms with Crippen LogP contribution in [0.4, 0.5) is 20.6 Å². The summed E-state index contributed by atoms with van der Waals surface area (Å²) in [5, 5.41) is 3.53. The number of carbonyl (C=O) groups is 1. The number of carbonyl (C=O) groups excluding carboxylic acids is 1. The lowest BCUT2D eigenvalue weighted by Crippen LogP contribution is -2.46. The molecule has 152 valence electrons. The van der Waals surface area contributed by atoms with Crippen LogP contribution in [0.5, 0.6) is 0 Å². The number of fused-ring (bicyclic) bond motifs is 2. The molecule has 2 aromatic rings. The average molecular weight is 434 g/mol. The maximum absolute atomic E-state index is 14.1. The molecule has 4 rings (SSSR count). The van der Waals surface area contributed by atoms with Gasteiger partial charge in [-0.05, 0) is 61.8 Å². The summed E-state index contributed by atoms with van der Waals surface area (Å²) in [6.07, 6.45) is 3.62. The molecule has 0 aromatic heterocycles. The van der Waals surface area contributed by atoms with Crippen LogP contribution in [0.3, 0.4) is 0 Å². The Morgan fingerprint density at radius 3 is 2.72 bits per heavy atom. The molecule has 0 aliphatic carbocycles. The van der Waals surface area contributed by atoms with Crippen molar-refractivity contribution >= 4 is 40.6 Å². The third-order valence-electron chi connectivity index (χ3n) is 5.92. The summed E-state index contributed by atoms with van der Waals surface area (Å²) in [5.74, 6) is -0.281. The third-order valence-corrected chi connectivity index (χ3v) is 6.74. The minimum absolute atomic E-state index is 0.245. The highest BCUT2D eigenvalue weighted by atomic mass is 35.5. The first-order valence-electron chi connectivity index (χ1n) is 9.59. The Bertz CT molecular complexity index is 957. The molecule has 29 heavy (non-hydrogen) atoms. The van der Waals surface area contributed by atoms with E-state index in [1.807, 2.05) is 6.08 Å². The molecule has 1 saturated heterocycles. The van der Waals surface area contributed by atoms with E-state index in [4.69, 9.17) is 23.2 Å². The number of hydrogen-bond donors (Lipinski definition) is 1. The lowest BCUT2D eigenvalue weighted by molar-refractivity contribution is 0.180. The summed E-state index contributed by atoms with van der Waals surface area (Å²) in [7, 11) is 0. The molecule has 2 aliphatic heterocycles. The Balaban J connectivity index is 1.62. The highest BCUT2D eigenvalue weighted by Gasteiger charge is 2.46. The van der Waals surface area contributed by atoms with Crippen LogP contribution in [-0.2, 0) is 5.41 Å². The van der Waals surface area contributed by atoms with E-state index in [2.05, 4.69) is 16.8 Å². The molecule has 1 spiro atoms. The predicted molar refractivity (Wildman–Crippen MR) is 117 cm³/mol. The van der Waals surface area contributed by atoms with Crippen molar-refractivity contribution in [3.63, 3.8) is 0 Å². The maximum Gasteiger partial charge on any atom is 0.326 e. The zero-order valence-electron chi connectivity index (χ0n) is 15.9. The first-order chi connectivity index (χ1) is 13.9. The van der Waals surface area contributed by atoms with Gasteiger partial charge in [0.2, 0.25) is 0 Å². The van der Waals surface area contributed by atoms with E-state index < -0.39 is 0 Å². The first kappa shape index (κ1) is 20.2. The van der Waals surface area contributed by atoms with Gasteiger partial charge in [0.1, 0.15) is 5.82 Å². The number of hydrogen-bond acceptors (Lipinski definition) is 2. The molecule has 0 unspecified atom stereocenters. The molecule has 0 bridgehead atoms. The second-order valence-corrected chi connectivity index (χ2v) is 8.43. The summed E-state index contributed by atoms with van der Waals surface area (Å²) in [6, 6.07) is 9.47. The Kier molecular flexibility index (Phi) is 5.56. The van der Waals surface area contributed by atoms with Crippen LogP contribution in [-0.4, -0.2) is 37.1 Å². The van der Waals surface area contributed by atoms with E-state index in [0.29, 0.717) is 22.3 Å². The molecule has 4 nitrogen and oxygen atoms in total. The standard InChI is InChI=1S/C22H22Cl2FN3O/c1-2-10-27-11-8-22(9-12-27)14-28(19-7-6-15(25)13-16(19)22)21(29)26-18-5-3-4-17(23)20(18)24/h2-7,13H,1,8-12,14H2,(H,26,29). The number of nitrogens with one attached hydrogen (secondary N) is 1. The smallest absolute Gasteiger partial charge is 0.306 e. The lowest BCUT2D eigenvalue weighted by Gasteiger charge is -2.39. The van der Waals surface area contributed by atoms with Crippen molar-refractivity contribution in [2.75, 3.05) is 36.4 Å². The lowest BCUT2D eigenvalue weighted by atomic mass is 9.74. The van der Waals surface area contributed by atoms with Gasteiger partial charge < -0.3 is 5.32 Å². The molecule has 2 heterocycles. The topological polar surface area (TPSA) is 35.6 Å². The number of benzene rings is 2. The summed E-state index contributed by atoms with van der Waals surface area (Å²) in [6.45, 7) is 6.93. The van der Waals surface area contributed by atoms with Crippen molar-refractivity contribution in [1.82, 2.24) is 4.90 Å². The number of likely N-dealkylation sites (tertiary alicyclic amines) is 1. The number of piperidine rings is 1. The van der Waals surface area contributed by atoms with Crippen LogP contribution < -0.4 is 10.2 Å². The summed E-state index contributed by atoms with van der Waals surface area (Å²) in [5.41, 5.74) is 1.86. The molecule has 1 fully saturated rings. The third kappa shape index (κ3) is 3.75. The van der Waals surface area contributed by atoms with Gasteiger partial charge in [0.15, 0.2) is 0 Å². The fourth-order valence-corrected chi connectivity index (χ4v) is 4.73. The Labute approximate surface area is 179 Å². The van der Waals surface area contributed by atoms with Crippen molar-refractivity contribution < 1.29 is 9.18 Å². The molecule has 2 aliphatic rings. The molecule has 0 atom stereocenters. The highest BCUT2D eigenvalue weighted by Crippen LogP contribution is 2.47. The average Bonchev–Trinajstić information content (AvgIpc) is 3.01. The molecule has 1 N–H and O–H groups in total. The van der Waals surface area contributed by atoms with Gasteiger partial charge in [0, 0.05) is 24.2 Å². The van der Waals surface area contributed by atoms with Crippen LogP contribution >= 0.6 is 23.2 Å². The fourth-order valence-electron chi connectivity index (χ4n) is 4.38. The summed E-state index contributed by atoms with van der Waals surface area (Å²) < 4.78 is 14.1. The Hall–Kier alpha value is -2.08. The number of halogens is 3. The Morgan fingerprint density at radius 2 is 2.00 bits per heavy atom. The van der Waals surface area contributed by atoms with E-state index in [9.17, 15) is 9.18 Å². The monoisotopic (exact) mass is 433 g/mol. The van der Waals surface area contributed by atoms with E-state index in [1.165, 1.54) is 6.07 Å². The minimum Gasteiger partial charge on any atom is -0.306 e. The molecule has 0 radical (unpaired) electrons. The van der Waals surface area contributed by atoms with Crippen LogP contribution in [0, 0.1) is 5.82 Å². The molecule has 7 heteroatoms. The van der Waals surface area contributed by atoms with Crippen LogP contribution in [0.15, 0.2) is 49.1 Å². The first-order valence-corrected chi connectivity index (χ1v) is 10.3.